The van der Waals surface area contributed by atoms with Crippen LogP contribution in [0.3, 0.4) is 0 Å². The Kier molecular flexibility index (Phi) is 4.18. The number of aromatic nitrogens is 3. The number of hydrogen-bond donors (Lipinski definition) is 0. The van der Waals surface area contributed by atoms with Gasteiger partial charge in [0.05, 0.1) is 19.5 Å². The van der Waals surface area contributed by atoms with Crippen LogP contribution in [-0.4, -0.2) is 26.7 Å². The second-order valence-corrected chi connectivity index (χ2v) is 4.13. The van der Waals surface area contributed by atoms with Gasteiger partial charge in [-0.3, -0.25) is 0 Å². The first-order valence-corrected chi connectivity index (χ1v) is 6.16. The van der Waals surface area contributed by atoms with E-state index in [-0.39, 0.29) is 5.97 Å². The monoisotopic (exact) mass is 259 g/mol. The Bertz CT molecular complexity index is 568. The lowest BCUT2D eigenvalue weighted by molar-refractivity contribution is -0.137. The normalized spacial score (nSPS) is 11.1. The molecule has 0 aliphatic carbocycles. The molecule has 0 fully saturated rings. The quantitative estimate of drug-likeness (QED) is 0.608. The predicted molar refractivity (Wildman–Crippen MR) is 72.4 cm³/mol. The van der Waals surface area contributed by atoms with Gasteiger partial charge < -0.3 is 13.9 Å². The maximum Gasteiger partial charge on any atom is 0.330 e. The third-order valence-corrected chi connectivity index (χ3v) is 2.85. The van der Waals surface area contributed by atoms with Crippen molar-refractivity contribution in [3.8, 4) is 0 Å². The van der Waals surface area contributed by atoms with Gasteiger partial charge in [0.2, 0.25) is 0 Å². The Hall–Kier alpha value is -2.30. The topological polar surface area (TPSA) is 49.1 Å². The van der Waals surface area contributed by atoms with Crippen molar-refractivity contribution in [1.82, 2.24) is 14.1 Å². The van der Waals surface area contributed by atoms with Crippen LogP contribution in [0.4, 0.5) is 0 Å². The fourth-order valence-corrected chi connectivity index (χ4v) is 1.81. The van der Waals surface area contributed by atoms with Crippen LogP contribution in [0.25, 0.3) is 6.08 Å². The molecule has 2 aromatic heterocycles. The average molecular weight is 259 g/mol. The Morgan fingerprint density at radius 3 is 3.00 bits per heavy atom. The summed E-state index contributed by atoms with van der Waals surface area (Å²) in [6, 6.07) is 4.01. The van der Waals surface area contributed by atoms with E-state index in [1.807, 2.05) is 34.5 Å². The Balaban J connectivity index is 2.08. The fraction of sp³-hybridized carbons (Fsp3) is 0.286. The fourth-order valence-electron chi connectivity index (χ4n) is 1.81. The van der Waals surface area contributed by atoms with E-state index in [1.165, 1.54) is 6.08 Å². The lowest BCUT2D eigenvalue weighted by atomic mass is 10.4. The van der Waals surface area contributed by atoms with Crippen LogP contribution in [-0.2, 0) is 23.1 Å². The zero-order valence-electron chi connectivity index (χ0n) is 11.1. The molecule has 19 heavy (non-hydrogen) atoms. The van der Waals surface area contributed by atoms with Crippen LogP contribution in [0.1, 0.15) is 18.3 Å². The molecule has 0 aliphatic rings. The Labute approximate surface area is 112 Å². The predicted octanol–water partition coefficient (Wildman–Crippen LogP) is 1.85. The van der Waals surface area contributed by atoms with Crippen molar-refractivity contribution in [2.45, 2.75) is 13.5 Å². The first-order valence-electron chi connectivity index (χ1n) is 6.16. The van der Waals surface area contributed by atoms with E-state index < -0.39 is 0 Å². The molecule has 2 heterocycles. The number of esters is 1. The molecule has 2 aromatic rings. The summed E-state index contributed by atoms with van der Waals surface area (Å²) in [7, 11) is 1.97. The molecule has 5 heteroatoms. The van der Waals surface area contributed by atoms with Crippen LogP contribution in [0.5, 0.6) is 0 Å². The third kappa shape index (κ3) is 3.34. The van der Waals surface area contributed by atoms with Gasteiger partial charge in [0, 0.05) is 36.9 Å². The smallest absolute Gasteiger partial charge is 0.330 e. The van der Waals surface area contributed by atoms with Gasteiger partial charge in [0.15, 0.2) is 0 Å². The highest BCUT2D eigenvalue weighted by atomic mass is 16.5. The molecule has 0 aliphatic heterocycles. The minimum Gasteiger partial charge on any atom is -0.463 e. The van der Waals surface area contributed by atoms with Crippen molar-refractivity contribution >= 4 is 12.0 Å². The van der Waals surface area contributed by atoms with E-state index in [9.17, 15) is 4.79 Å². The number of nitrogens with zero attached hydrogens (tertiary/aromatic N) is 3. The van der Waals surface area contributed by atoms with E-state index in [2.05, 4.69) is 4.98 Å². The van der Waals surface area contributed by atoms with Crippen molar-refractivity contribution in [3.63, 3.8) is 0 Å². The van der Waals surface area contributed by atoms with Gasteiger partial charge in [-0.15, -0.1) is 0 Å². The summed E-state index contributed by atoms with van der Waals surface area (Å²) in [4.78, 5) is 15.3. The van der Waals surface area contributed by atoms with Crippen molar-refractivity contribution < 1.29 is 9.53 Å². The molecule has 0 saturated carbocycles. The zero-order valence-corrected chi connectivity index (χ0v) is 11.1. The van der Waals surface area contributed by atoms with Gasteiger partial charge in [-0.1, -0.05) is 0 Å². The highest BCUT2D eigenvalue weighted by Gasteiger charge is 2.03. The van der Waals surface area contributed by atoms with Crippen LogP contribution in [0, 0.1) is 0 Å². The van der Waals surface area contributed by atoms with Crippen LogP contribution >= 0.6 is 0 Å². The third-order valence-electron chi connectivity index (χ3n) is 2.85. The van der Waals surface area contributed by atoms with E-state index in [4.69, 9.17) is 4.74 Å². The highest BCUT2D eigenvalue weighted by Crippen LogP contribution is 2.10. The van der Waals surface area contributed by atoms with Gasteiger partial charge in [0.1, 0.15) is 0 Å². The molecule has 0 amide bonds. The molecule has 0 bridgehead atoms. The molecule has 0 aromatic carbocycles. The summed E-state index contributed by atoms with van der Waals surface area (Å²) in [5, 5.41) is 0. The summed E-state index contributed by atoms with van der Waals surface area (Å²) in [5.74, 6) is -0.320. The van der Waals surface area contributed by atoms with E-state index in [1.54, 1.807) is 25.5 Å². The van der Waals surface area contributed by atoms with Gasteiger partial charge in [-0.2, -0.15) is 0 Å². The van der Waals surface area contributed by atoms with E-state index >= 15 is 0 Å². The summed E-state index contributed by atoms with van der Waals surface area (Å²) in [6.07, 6.45) is 8.65. The zero-order chi connectivity index (χ0) is 13.7. The highest BCUT2D eigenvalue weighted by molar-refractivity contribution is 5.86. The second-order valence-electron chi connectivity index (χ2n) is 4.13. The number of imidazole rings is 1. The van der Waals surface area contributed by atoms with Crippen LogP contribution in [0.2, 0.25) is 0 Å². The van der Waals surface area contributed by atoms with Gasteiger partial charge in [0.25, 0.3) is 0 Å². The molecule has 5 nitrogen and oxygen atoms in total. The Morgan fingerprint density at radius 2 is 2.32 bits per heavy atom. The number of hydrogen-bond acceptors (Lipinski definition) is 3. The minimum atomic E-state index is -0.320. The first kappa shape index (κ1) is 13.1. The van der Waals surface area contributed by atoms with Crippen molar-refractivity contribution in [2.75, 3.05) is 6.61 Å². The summed E-state index contributed by atoms with van der Waals surface area (Å²) < 4.78 is 8.88. The molecule has 2 rings (SSSR count). The van der Waals surface area contributed by atoms with Gasteiger partial charge in [-0.25, -0.2) is 9.78 Å². The molecule has 0 radical (unpaired) electrons. The molecule has 100 valence electrons. The van der Waals surface area contributed by atoms with E-state index in [0.717, 1.165) is 17.9 Å². The summed E-state index contributed by atoms with van der Waals surface area (Å²) in [6.45, 7) is 2.93. The number of rotatable bonds is 5. The number of ether oxygens (including phenoxy) is 1. The number of carbonyl (C=O) groups excluding carboxylic acids is 1. The molecule has 0 atom stereocenters. The van der Waals surface area contributed by atoms with Crippen molar-refractivity contribution in [1.29, 1.82) is 0 Å². The molecule has 0 unspecified atom stereocenters. The minimum absolute atomic E-state index is 0.320. The van der Waals surface area contributed by atoms with E-state index in [0.29, 0.717) is 6.61 Å². The number of carbonyl (C=O) groups is 1. The maximum absolute atomic E-state index is 11.3. The largest absolute Gasteiger partial charge is 0.463 e. The van der Waals surface area contributed by atoms with Gasteiger partial charge in [-0.05, 0) is 25.1 Å². The SMILES string of the molecule is CCOC(=O)/C=C\c1ccc(Cn2ccnc2)n1C. The van der Waals surface area contributed by atoms with Crippen LogP contribution < -0.4 is 0 Å². The molecule has 0 saturated heterocycles. The van der Waals surface area contributed by atoms with Crippen molar-refractivity contribution in [3.05, 3.63) is 48.3 Å². The molecular weight excluding hydrogens is 242 g/mol. The lowest BCUT2D eigenvalue weighted by Crippen LogP contribution is -2.04. The standard InChI is InChI=1S/C14H17N3O2/c1-3-19-14(18)7-6-12-4-5-13(16(12)2)10-17-9-8-15-11-17/h4-9,11H,3,10H2,1-2H3/b7-6-. The summed E-state index contributed by atoms with van der Waals surface area (Å²) >= 11 is 0. The van der Waals surface area contributed by atoms with Crippen LogP contribution in [0.15, 0.2) is 36.9 Å². The first-order chi connectivity index (χ1) is 9.20. The van der Waals surface area contributed by atoms with Crippen molar-refractivity contribution in [2.24, 2.45) is 7.05 Å². The maximum atomic E-state index is 11.3. The molecule has 0 spiro atoms. The lowest BCUT2D eigenvalue weighted by Gasteiger charge is -2.06. The Morgan fingerprint density at radius 1 is 1.47 bits per heavy atom. The molecule has 0 N–H and O–H groups in total. The average Bonchev–Trinajstić information content (AvgIpc) is 3.00. The second kappa shape index (κ2) is 6.04. The summed E-state index contributed by atoms with van der Waals surface area (Å²) in [5.41, 5.74) is 2.10. The van der Waals surface area contributed by atoms with Gasteiger partial charge >= 0.3 is 5.97 Å². The molecular formula is C14H17N3O2.